The number of aliphatic hydroxyl groups excluding tert-OH is 1. The molecule has 10 nitrogen and oxygen atoms in total. The van der Waals surface area contributed by atoms with Gasteiger partial charge in [-0.15, -0.1) is 11.8 Å². The molecule has 0 radical (unpaired) electrons. The summed E-state index contributed by atoms with van der Waals surface area (Å²) in [6, 6.07) is 2.47. The minimum Gasteiger partial charge on any atom is -0.493 e. The highest BCUT2D eigenvalue weighted by molar-refractivity contribution is 8.16. The molecule has 0 spiro atoms. The molecule has 0 bridgehead atoms. The van der Waals surface area contributed by atoms with Crippen LogP contribution in [0.5, 0.6) is 5.75 Å². The number of rotatable bonds is 15. The number of carbonyl (C=O) groups is 1. The van der Waals surface area contributed by atoms with Gasteiger partial charge in [0.05, 0.1) is 18.7 Å². The van der Waals surface area contributed by atoms with E-state index in [4.69, 9.17) is 24.8 Å². The van der Waals surface area contributed by atoms with Crippen LogP contribution < -0.4 is 21.4 Å². The molecule has 0 saturated heterocycles. The van der Waals surface area contributed by atoms with Crippen LogP contribution in [0.4, 0.5) is 0 Å². The van der Waals surface area contributed by atoms with Crippen LogP contribution in [0.2, 0.25) is 0 Å². The number of aliphatic hydroxyl groups is 1. The van der Waals surface area contributed by atoms with Crippen molar-refractivity contribution in [3.63, 3.8) is 0 Å². The Balaban J connectivity index is 1.68. The summed E-state index contributed by atoms with van der Waals surface area (Å²) in [5.74, 6) is 1.13. The Morgan fingerprint density at radius 1 is 1.40 bits per heavy atom. The van der Waals surface area contributed by atoms with E-state index in [9.17, 15) is 9.59 Å². The van der Waals surface area contributed by atoms with Gasteiger partial charge in [0.1, 0.15) is 28.9 Å². The average Bonchev–Trinajstić information content (AvgIpc) is 3.58. The van der Waals surface area contributed by atoms with E-state index in [0.717, 1.165) is 25.7 Å². The molecule has 2 heterocycles. The number of thioether (sulfide) groups is 1. The first-order valence-electron chi connectivity index (χ1n) is 12.2. The number of nitrogens with one attached hydrogen (secondary N) is 1. The fourth-order valence-electron chi connectivity index (χ4n) is 3.39. The number of oxime groups is 1. The Morgan fingerprint density at radius 3 is 2.91 bits per heavy atom. The molecule has 0 aromatic carbocycles. The van der Waals surface area contributed by atoms with E-state index in [-0.39, 0.29) is 12.4 Å². The van der Waals surface area contributed by atoms with Gasteiger partial charge in [-0.2, -0.15) is 0 Å². The molecular formula is C24H36N4O6S. The van der Waals surface area contributed by atoms with Crippen molar-refractivity contribution in [2.75, 3.05) is 25.6 Å². The minimum absolute atomic E-state index is 0.111. The zero-order valence-electron chi connectivity index (χ0n) is 20.5. The molecule has 11 heteroatoms. The van der Waals surface area contributed by atoms with E-state index in [1.54, 1.807) is 13.0 Å². The normalized spacial score (nSPS) is 20.9. The summed E-state index contributed by atoms with van der Waals surface area (Å²) in [4.78, 5) is 35.1. The van der Waals surface area contributed by atoms with Crippen LogP contribution in [0.15, 0.2) is 31.5 Å². The van der Waals surface area contributed by atoms with Crippen LogP contribution in [0.1, 0.15) is 70.6 Å². The minimum atomic E-state index is -1.47. The molecule has 2 atom stereocenters. The van der Waals surface area contributed by atoms with Crippen molar-refractivity contribution in [3.05, 3.63) is 28.3 Å². The van der Waals surface area contributed by atoms with Gasteiger partial charge in [0.15, 0.2) is 5.66 Å². The molecule has 0 unspecified atom stereocenters. The maximum atomic E-state index is 13.2. The van der Waals surface area contributed by atoms with Gasteiger partial charge in [0.2, 0.25) is 0 Å². The summed E-state index contributed by atoms with van der Waals surface area (Å²) in [7, 11) is 0. The molecule has 1 aromatic heterocycles. The number of unbranched alkanes of at least 4 members (excludes halogenated alkanes) is 2. The Hall–Kier alpha value is -2.37. The fraction of sp³-hybridized carbons (Fsp3) is 0.667. The van der Waals surface area contributed by atoms with Gasteiger partial charge >= 0.3 is 5.63 Å². The second-order valence-electron chi connectivity index (χ2n) is 9.01. The second kappa shape index (κ2) is 13.1. The highest BCUT2D eigenvalue weighted by Crippen LogP contribution is 2.31. The average molecular weight is 509 g/mol. The van der Waals surface area contributed by atoms with Gasteiger partial charge in [-0.3, -0.25) is 10.5 Å². The van der Waals surface area contributed by atoms with E-state index in [1.165, 1.54) is 17.8 Å². The number of hydrogen-bond donors (Lipinski definition) is 3. The van der Waals surface area contributed by atoms with Gasteiger partial charge in [-0.25, -0.2) is 9.79 Å². The summed E-state index contributed by atoms with van der Waals surface area (Å²) in [5, 5.41) is 16.3. The summed E-state index contributed by atoms with van der Waals surface area (Å²) in [5.41, 5.74) is 4.91. The molecular weight excluding hydrogens is 472 g/mol. The highest BCUT2D eigenvalue weighted by atomic mass is 32.2. The molecule has 1 fully saturated rings. The Bertz CT molecular complexity index is 977. The molecule has 1 amide bonds. The standard InChI is InChI=1S/C24H36N4O6S/c1-3-4-7-19(20-12-18(13-21(30)34-20)32-14-17-8-9-17)26-23(31)24(25)15-35-22(27-24)16(2)28-33-11-6-5-10-29/h12-13,17,19,29H,3-11,14-15,25H2,1-2H3,(H,26,31)/b28-16+/t19-,24+/m1/s1. The number of hydrogen-bond acceptors (Lipinski definition) is 10. The number of nitrogens with zero attached hydrogens (tertiary/aromatic N) is 2. The quantitative estimate of drug-likeness (QED) is 0.186. The summed E-state index contributed by atoms with van der Waals surface area (Å²) >= 11 is 1.33. The van der Waals surface area contributed by atoms with Gasteiger partial charge in [-0.1, -0.05) is 24.9 Å². The van der Waals surface area contributed by atoms with Gasteiger partial charge in [0.25, 0.3) is 5.91 Å². The van der Waals surface area contributed by atoms with Crippen molar-refractivity contribution >= 4 is 28.4 Å². The number of aliphatic imine (C=N–C) groups is 1. The van der Waals surface area contributed by atoms with Crippen LogP contribution in [0.3, 0.4) is 0 Å². The maximum absolute atomic E-state index is 13.2. The third kappa shape index (κ3) is 8.36. The van der Waals surface area contributed by atoms with Crippen LogP contribution in [0.25, 0.3) is 0 Å². The number of nitrogens with two attached hydrogens (primary N) is 1. The topological polar surface area (TPSA) is 149 Å². The van der Waals surface area contributed by atoms with Gasteiger partial charge in [-0.05, 0) is 44.9 Å². The summed E-state index contributed by atoms with van der Waals surface area (Å²) in [6.07, 6.45) is 5.93. The van der Waals surface area contributed by atoms with Crippen molar-refractivity contribution in [2.45, 2.75) is 70.5 Å². The highest BCUT2D eigenvalue weighted by Gasteiger charge is 2.41. The Morgan fingerprint density at radius 2 is 2.20 bits per heavy atom. The summed E-state index contributed by atoms with van der Waals surface area (Å²) < 4.78 is 11.2. The first-order valence-corrected chi connectivity index (χ1v) is 13.2. The van der Waals surface area contributed by atoms with Gasteiger partial charge in [0, 0.05) is 18.4 Å². The summed E-state index contributed by atoms with van der Waals surface area (Å²) in [6.45, 7) is 4.86. The fourth-order valence-corrected chi connectivity index (χ4v) is 4.42. The number of amides is 1. The third-order valence-corrected chi connectivity index (χ3v) is 6.96. The van der Waals surface area contributed by atoms with Crippen LogP contribution >= 0.6 is 11.8 Å². The van der Waals surface area contributed by atoms with Crippen molar-refractivity contribution < 1.29 is 23.9 Å². The SMILES string of the molecule is CCCC[C@@H](NC(=O)[C@]1(N)CSC(/C(C)=N/OCCCCO)=N1)c1cc(OCC2CC2)cc(=O)o1. The Kier molecular flexibility index (Phi) is 10.2. The molecule has 3 rings (SSSR count). The van der Waals surface area contributed by atoms with Crippen molar-refractivity contribution in [1.29, 1.82) is 0 Å². The van der Waals surface area contributed by atoms with Crippen molar-refractivity contribution in [3.8, 4) is 5.75 Å². The van der Waals surface area contributed by atoms with E-state index in [1.807, 2.05) is 6.92 Å². The second-order valence-corrected chi connectivity index (χ2v) is 9.97. The molecule has 2 aliphatic rings. The maximum Gasteiger partial charge on any atom is 0.339 e. The first-order chi connectivity index (χ1) is 16.8. The smallest absolute Gasteiger partial charge is 0.339 e. The lowest BCUT2D eigenvalue weighted by atomic mass is 10.1. The third-order valence-electron chi connectivity index (χ3n) is 5.72. The zero-order valence-corrected chi connectivity index (χ0v) is 21.3. The molecule has 194 valence electrons. The predicted molar refractivity (Wildman–Crippen MR) is 136 cm³/mol. The number of ether oxygens (including phenoxy) is 1. The van der Waals surface area contributed by atoms with Crippen molar-refractivity contribution in [1.82, 2.24) is 5.32 Å². The zero-order chi connectivity index (χ0) is 25.3. The van der Waals surface area contributed by atoms with Crippen LogP contribution in [-0.2, 0) is 9.63 Å². The molecule has 1 aliphatic heterocycles. The molecule has 4 N–H and O–H groups in total. The lowest BCUT2D eigenvalue weighted by Gasteiger charge is -2.24. The van der Waals surface area contributed by atoms with Crippen LogP contribution in [-0.4, -0.2) is 53.0 Å². The van der Waals surface area contributed by atoms with E-state index in [0.29, 0.717) is 60.7 Å². The Labute approximate surface area is 209 Å². The molecule has 35 heavy (non-hydrogen) atoms. The largest absolute Gasteiger partial charge is 0.493 e. The molecule has 1 aromatic rings. The lowest BCUT2D eigenvalue weighted by molar-refractivity contribution is -0.126. The van der Waals surface area contributed by atoms with Crippen molar-refractivity contribution in [2.24, 2.45) is 21.8 Å². The van der Waals surface area contributed by atoms with Crippen LogP contribution in [0, 0.1) is 5.92 Å². The first kappa shape index (κ1) is 27.2. The lowest BCUT2D eigenvalue weighted by Crippen LogP contribution is -2.54. The molecule has 1 aliphatic carbocycles. The van der Waals surface area contributed by atoms with E-state index < -0.39 is 23.2 Å². The van der Waals surface area contributed by atoms with E-state index >= 15 is 0 Å². The van der Waals surface area contributed by atoms with E-state index in [2.05, 4.69) is 15.5 Å². The number of carbonyl (C=O) groups excluding carboxylic acids is 1. The molecule has 1 saturated carbocycles. The van der Waals surface area contributed by atoms with Gasteiger partial charge < -0.3 is 24.4 Å². The monoisotopic (exact) mass is 508 g/mol. The predicted octanol–water partition coefficient (Wildman–Crippen LogP) is 2.74.